The molecule has 10 N–H and O–H groups in total. The molecule has 0 saturated carbocycles. The second kappa shape index (κ2) is 26.1. The Labute approximate surface area is 449 Å². The number of hydrogen-bond acceptors (Lipinski definition) is 20. The van der Waals surface area contributed by atoms with Crippen LogP contribution in [0.2, 0.25) is 10.0 Å². The van der Waals surface area contributed by atoms with Crippen LogP contribution >= 0.6 is 23.2 Å². The summed E-state index contributed by atoms with van der Waals surface area (Å²) < 4.78 is 25.2. The number of aliphatic hydroxyl groups excluding tert-OH is 6. The van der Waals surface area contributed by atoms with Gasteiger partial charge in [0, 0.05) is 50.0 Å². The van der Waals surface area contributed by atoms with Crippen LogP contribution in [0.1, 0.15) is 91.2 Å². The summed E-state index contributed by atoms with van der Waals surface area (Å²) in [6.45, 7) is 14.7. The average Bonchev–Trinajstić information content (AvgIpc) is 4.13. The Hall–Kier alpha value is -6.47. The topological polar surface area (TPSA) is 334 Å². The zero-order chi connectivity index (χ0) is 56.4. The lowest BCUT2D eigenvalue weighted by atomic mass is 9.99. The van der Waals surface area contributed by atoms with Gasteiger partial charge < -0.3 is 64.0 Å². The molecular formula is C50H66Cl2N12O12. The number of fused-ring (bicyclic) bond motifs is 2. The summed E-state index contributed by atoms with van der Waals surface area (Å²) in [5.41, 5.74) is 3.71. The second-order valence-corrected chi connectivity index (χ2v) is 20.2. The third kappa shape index (κ3) is 15.1. The Kier molecular flexibility index (Phi) is 20.7. The smallest absolute Gasteiger partial charge is 0.428 e. The molecule has 0 aliphatic carbocycles. The first kappa shape index (κ1) is 60.4. The Bertz CT molecular complexity index is 2890. The molecule has 2 amide bonds. The van der Waals surface area contributed by atoms with Gasteiger partial charge in [-0.2, -0.15) is 5.26 Å². The highest BCUT2D eigenvalue weighted by Crippen LogP contribution is 2.40. The standard InChI is InChI=1S/C23H28ClN5O6.C19H21ClN4O4.C6H14N2O2.C2H3N/c1-23(2,3)35-22(33)28(4)27-19-14-9-10-29(20(14)26-11-25-19)21-17(32)16(31)18(34-21)15(30)12-5-7-13(24)8-6-12;1-2-21-17-12-7-8-24(18(12)23-9-22-17)19-15(27)14(26)16(28-19)13(25)10-3-5-11(20)6-4-10;1-6(2,3)10-5(9)8(4)7;1-2-3/h5-11,15-18,21,30-32H,1-4H3,(H,25,26,27);3-9,13-16,19,25-27H,2H2,1H3,(H,21,22,23);7H2,1-4H3;1H3/t15-,16+,17-,18-,21-;13-,14+,15-,16-,19-;;/m11../s1. The number of carbonyl (C=O) groups excluding carboxylic acids is 2. The van der Waals surface area contributed by atoms with Crippen molar-refractivity contribution in [2.45, 2.75) is 128 Å². The Balaban J connectivity index is 0.000000232. The van der Waals surface area contributed by atoms with E-state index in [4.69, 9.17) is 53.3 Å². The van der Waals surface area contributed by atoms with Crippen molar-refractivity contribution < 1.29 is 59.2 Å². The van der Waals surface area contributed by atoms with Gasteiger partial charge in [-0.05, 0) is 96.0 Å². The Morgan fingerprint density at radius 2 is 1.09 bits per heavy atom. The van der Waals surface area contributed by atoms with Crippen LogP contribution in [0.15, 0.2) is 85.7 Å². The summed E-state index contributed by atoms with van der Waals surface area (Å²) in [4.78, 5) is 40.0. The lowest BCUT2D eigenvalue weighted by molar-refractivity contribution is -0.0848. The van der Waals surface area contributed by atoms with E-state index in [1.165, 1.54) is 38.2 Å². The summed E-state index contributed by atoms with van der Waals surface area (Å²) in [5.74, 6) is 6.11. The van der Waals surface area contributed by atoms with Gasteiger partial charge in [0.15, 0.2) is 18.3 Å². The number of hydrogen-bond donors (Lipinski definition) is 9. The van der Waals surface area contributed by atoms with Gasteiger partial charge in [0.2, 0.25) is 0 Å². The number of hydrazine groups is 2. The fourth-order valence-corrected chi connectivity index (χ4v) is 7.92. The lowest BCUT2D eigenvalue weighted by Crippen LogP contribution is -2.38. The number of benzene rings is 2. The van der Waals surface area contributed by atoms with Crippen LogP contribution in [0.5, 0.6) is 0 Å². The van der Waals surface area contributed by atoms with Crippen molar-refractivity contribution in [1.82, 2.24) is 39.1 Å². The molecule has 6 heterocycles. The van der Waals surface area contributed by atoms with Gasteiger partial charge in [0.05, 0.1) is 16.8 Å². The summed E-state index contributed by atoms with van der Waals surface area (Å²) >= 11 is 11.8. The Morgan fingerprint density at radius 1 is 0.711 bits per heavy atom. The maximum absolute atomic E-state index is 12.3. The molecular weight excluding hydrogens is 1030 g/mol. The number of nitriles is 1. The molecule has 0 spiro atoms. The van der Waals surface area contributed by atoms with Gasteiger partial charge in [-0.25, -0.2) is 45.4 Å². The molecule has 2 aliphatic rings. The largest absolute Gasteiger partial charge is 0.443 e. The molecule has 10 atom stereocenters. The van der Waals surface area contributed by atoms with E-state index in [-0.39, 0.29) is 0 Å². The predicted molar refractivity (Wildman–Crippen MR) is 281 cm³/mol. The van der Waals surface area contributed by atoms with Crippen LogP contribution in [0.4, 0.5) is 21.2 Å². The quantitative estimate of drug-likeness (QED) is 0.0447. The molecule has 2 aromatic carbocycles. The average molecular weight is 1100 g/mol. The van der Waals surface area contributed by atoms with Gasteiger partial charge in [-0.15, -0.1) is 0 Å². The highest BCUT2D eigenvalue weighted by molar-refractivity contribution is 6.30. The molecule has 24 nitrogen and oxygen atoms in total. The number of aliphatic hydroxyl groups is 6. The van der Waals surface area contributed by atoms with Crippen molar-refractivity contribution in [2.24, 2.45) is 5.84 Å². The molecule has 0 bridgehead atoms. The van der Waals surface area contributed by atoms with Crippen molar-refractivity contribution in [3.63, 3.8) is 0 Å². The van der Waals surface area contributed by atoms with Gasteiger partial charge in [0.25, 0.3) is 0 Å². The molecule has 0 unspecified atom stereocenters. The number of ether oxygens (including phenoxy) is 4. The molecule has 26 heteroatoms. The van der Waals surface area contributed by atoms with Crippen molar-refractivity contribution >= 4 is 69.1 Å². The van der Waals surface area contributed by atoms with Gasteiger partial charge in [-0.3, -0.25) is 5.43 Å². The molecule has 8 rings (SSSR count). The predicted octanol–water partition coefficient (Wildman–Crippen LogP) is 5.76. The molecule has 76 heavy (non-hydrogen) atoms. The number of nitrogens with one attached hydrogen (secondary N) is 2. The van der Waals surface area contributed by atoms with Crippen LogP contribution in [0.3, 0.4) is 0 Å². The maximum Gasteiger partial charge on any atom is 0.428 e. The molecule has 2 aliphatic heterocycles. The lowest BCUT2D eigenvalue weighted by Gasteiger charge is -2.25. The minimum atomic E-state index is -1.36. The molecule has 6 aromatic rings. The molecule has 0 radical (unpaired) electrons. The minimum absolute atomic E-state index is 0.327. The third-order valence-electron chi connectivity index (χ3n) is 11.1. The highest BCUT2D eigenvalue weighted by atomic mass is 35.5. The van der Waals surface area contributed by atoms with Crippen LogP contribution in [0, 0.1) is 11.3 Å². The molecule has 2 fully saturated rings. The molecule has 2 saturated heterocycles. The van der Waals surface area contributed by atoms with E-state index in [9.17, 15) is 40.2 Å². The highest BCUT2D eigenvalue weighted by Gasteiger charge is 2.49. The molecule has 412 valence electrons. The third-order valence-corrected chi connectivity index (χ3v) is 11.6. The first-order chi connectivity index (χ1) is 35.7. The fourth-order valence-electron chi connectivity index (χ4n) is 7.67. The normalized spacial score (nSPS) is 21.8. The number of halogens is 2. The van der Waals surface area contributed by atoms with Crippen LogP contribution in [0.25, 0.3) is 22.1 Å². The van der Waals surface area contributed by atoms with E-state index in [1.807, 2.05) is 13.0 Å². The maximum atomic E-state index is 12.3. The van der Waals surface area contributed by atoms with Crippen molar-refractivity contribution in [3.8, 4) is 6.07 Å². The van der Waals surface area contributed by atoms with E-state index < -0.39 is 84.7 Å². The van der Waals surface area contributed by atoms with Crippen LogP contribution < -0.4 is 16.6 Å². The zero-order valence-electron chi connectivity index (χ0n) is 43.6. The van der Waals surface area contributed by atoms with Gasteiger partial charge in [-0.1, -0.05) is 47.5 Å². The van der Waals surface area contributed by atoms with Crippen molar-refractivity contribution in [2.75, 3.05) is 31.4 Å². The van der Waals surface area contributed by atoms with Crippen LogP contribution in [-0.4, -0.2) is 150 Å². The van der Waals surface area contributed by atoms with E-state index in [0.717, 1.165) is 15.4 Å². The number of nitrogens with zero attached hydrogens (tertiary/aromatic N) is 9. The van der Waals surface area contributed by atoms with E-state index in [1.54, 1.807) is 119 Å². The summed E-state index contributed by atoms with van der Waals surface area (Å²) in [5, 5.41) is 78.8. The summed E-state index contributed by atoms with van der Waals surface area (Å²) in [7, 11) is 2.94. The fraction of sp³-hybridized carbons (Fsp3) is 0.460. The van der Waals surface area contributed by atoms with Crippen molar-refractivity contribution in [1.29, 1.82) is 5.26 Å². The Morgan fingerprint density at radius 3 is 1.46 bits per heavy atom. The van der Waals surface area contributed by atoms with E-state index >= 15 is 0 Å². The van der Waals surface area contributed by atoms with Crippen molar-refractivity contribution in [3.05, 3.63) is 107 Å². The first-order valence-corrected chi connectivity index (χ1v) is 24.5. The number of aromatic nitrogens is 6. The van der Waals surface area contributed by atoms with E-state index in [2.05, 4.69) is 30.7 Å². The number of nitrogens with two attached hydrogens (primary N) is 1. The summed E-state index contributed by atoms with van der Waals surface area (Å²) in [6, 6.07) is 18.4. The SMILES string of the molecule is CC#N.CCNc1ncnc2c1ccn2[C@@H]1O[C@H]([C@H](O)c2ccc(Cl)cc2)[C@@H](O)[C@H]1O.CN(N)C(=O)OC(C)(C)C.CN(Nc1ncnc2c1ccn2[C@@H]1O[C@H]([C@H](O)c2ccc(Cl)cc2)[C@@H](O)[C@H]1O)C(=O)OC(C)(C)C. The zero-order valence-corrected chi connectivity index (χ0v) is 45.1. The van der Waals surface area contributed by atoms with Crippen LogP contribution in [-0.2, 0) is 18.9 Å². The monoisotopic (exact) mass is 1100 g/mol. The number of anilines is 2. The first-order valence-electron chi connectivity index (χ1n) is 23.7. The van der Waals surface area contributed by atoms with E-state index in [0.29, 0.717) is 56.0 Å². The summed E-state index contributed by atoms with van der Waals surface area (Å²) in [6.07, 6.45) is -6.61. The molecule has 4 aromatic heterocycles. The van der Waals surface area contributed by atoms with Gasteiger partial charge in [0.1, 0.15) is 89.8 Å². The second-order valence-electron chi connectivity index (χ2n) is 19.3. The number of rotatable bonds is 10. The minimum Gasteiger partial charge on any atom is -0.443 e. The van der Waals surface area contributed by atoms with Gasteiger partial charge >= 0.3 is 12.2 Å². The number of amides is 2. The number of carbonyl (C=O) groups is 2.